The number of nitrogens with zero attached hydrogens (tertiary/aromatic N) is 3. The fourth-order valence-electron chi connectivity index (χ4n) is 2.19. The lowest BCUT2D eigenvalue weighted by molar-refractivity contribution is 0.471. The quantitative estimate of drug-likeness (QED) is 0.890. The van der Waals surface area contributed by atoms with Gasteiger partial charge in [-0.3, -0.25) is 0 Å². The van der Waals surface area contributed by atoms with E-state index in [2.05, 4.69) is 15.1 Å². The van der Waals surface area contributed by atoms with Crippen molar-refractivity contribution in [1.29, 1.82) is 0 Å². The lowest BCUT2D eigenvalue weighted by Crippen LogP contribution is -2.17. The first-order chi connectivity index (χ1) is 8.84. The highest BCUT2D eigenvalue weighted by molar-refractivity contribution is 5.28. The van der Waals surface area contributed by atoms with Gasteiger partial charge >= 0.3 is 6.01 Å². The maximum atomic E-state index is 6.11. The van der Waals surface area contributed by atoms with Crippen LogP contribution < -0.4 is 10.6 Å². The van der Waals surface area contributed by atoms with Crippen LogP contribution in [0.2, 0.25) is 0 Å². The van der Waals surface area contributed by atoms with Crippen molar-refractivity contribution < 1.29 is 4.42 Å². The summed E-state index contributed by atoms with van der Waals surface area (Å²) in [5, 5.41) is 8.13. The van der Waals surface area contributed by atoms with E-state index in [1.807, 2.05) is 30.3 Å². The third-order valence-electron chi connectivity index (χ3n) is 3.23. The molecule has 1 aromatic heterocycles. The molecule has 2 aromatic rings. The van der Waals surface area contributed by atoms with Gasteiger partial charge in [-0.2, -0.15) is 0 Å². The molecular weight excluding hydrogens is 228 g/mol. The number of hydrogen-bond donors (Lipinski definition) is 1. The highest BCUT2D eigenvalue weighted by atomic mass is 16.4. The minimum Gasteiger partial charge on any atom is -0.406 e. The maximum Gasteiger partial charge on any atom is 0.318 e. The zero-order chi connectivity index (χ0) is 12.4. The van der Waals surface area contributed by atoms with Gasteiger partial charge in [0, 0.05) is 13.1 Å². The maximum absolute atomic E-state index is 6.11. The first kappa shape index (κ1) is 11.2. The monoisotopic (exact) mass is 244 g/mol. The standard InChI is InChI=1S/C13H16N4O/c14-11(10-6-2-1-3-7-10)12-15-16-13(18-12)17-8-4-5-9-17/h1-3,6-7,11H,4-5,8-9,14H2. The molecule has 5 nitrogen and oxygen atoms in total. The third-order valence-corrected chi connectivity index (χ3v) is 3.23. The van der Waals surface area contributed by atoms with Crippen LogP contribution in [0.5, 0.6) is 0 Å². The van der Waals surface area contributed by atoms with Gasteiger partial charge in [-0.05, 0) is 18.4 Å². The van der Waals surface area contributed by atoms with Crippen LogP contribution in [-0.2, 0) is 0 Å². The van der Waals surface area contributed by atoms with Crippen molar-refractivity contribution in [3.8, 4) is 0 Å². The first-order valence-corrected chi connectivity index (χ1v) is 6.23. The minimum atomic E-state index is -0.352. The van der Waals surface area contributed by atoms with Crippen molar-refractivity contribution in [3.05, 3.63) is 41.8 Å². The van der Waals surface area contributed by atoms with Crippen LogP contribution in [0.25, 0.3) is 0 Å². The number of benzene rings is 1. The zero-order valence-corrected chi connectivity index (χ0v) is 10.1. The topological polar surface area (TPSA) is 68.2 Å². The van der Waals surface area contributed by atoms with E-state index in [0.29, 0.717) is 11.9 Å². The normalized spacial score (nSPS) is 17.1. The van der Waals surface area contributed by atoms with Gasteiger partial charge in [-0.25, -0.2) is 0 Å². The Bertz CT molecular complexity index is 505. The molecule has 0 aliphatic carbocycles. The summed E-state index contributed by atoms with van der Waals surface area (Å²) in [5.74, 6) is 0.475. The molecule has 0 amide bonds. The smallest absolute Gasteiger partial charge is 0.318 e. The summed E-state index contributed by atoms with van der Waals surface area (Å²) in [6, 6.07) is 10.0. The number of nitrogens with two attached hydrogens (primary N) is 1. The molecule has 1 aromatic carbocycles. The number of hydrogen-bond acceptors (Lipinski definition) is 5. The van der Waals surface area contributed by atoms with Crippen molar-refractivity contribution in [1.82, 2.24) is 10.2 Å². The SMILES string of the molecule is NC(c1ccccc1)c1nnc(N2CCCC2)o1. The van der Waals surface area contributed by atoms with Crippen LogP contribution in [0.15, 0.2) is 34.7 Å². The van der Waals surface area contributed by atoms with Crippen molar-refractivity contribution in [2.75, 3.05) is 18.0 Å². The molecule has 0 spiro atoms. The Morgan fingerprint density at radius 3 is 2.56 bits per heavy atom. The fourth-order valence-corrected chi connectivity index (χ4v) is 2.19. The van der Waals surface area contributed by atoms with Gasteiger partial charge in [0.1, 0.15) is 6.04 Å². The summed E-state index contributed by atoms with van der Waals surface area (Å²) in [5.41, 5.74) is 7.09. The average molecular weight is 244 g/mol. The van der Waals surface area contributed by atoms with Crippen LogP contribution in [-0.4, -0.2) is 23.3 Å². The van der Waals surface area contributed by atoms with E-state index >= 15 is 0 Å². The lowest BCUT2D eigenvalue weighted by Gasteiger charge is -2.10. The molecule has 0 saturated carbocycles. The van der Waals surface area contributed by atoms with Crippen LogP contribution in [0, 0.1) is 0 Å². The molecule has 0 radical (unpaired) electrons. The average Bonchev–Trinajstić information content (AvgIpc) is 3.09. The predicted octanol–water partition coefficient (Wildman–Crippen LogP) is 1.72. The van der Waals surface area contributed by atoms with Crippen molar-refractivity contribution in [3.63, 3.8) is 0 Å². The van der Waals surface area contributed by atoms with E-state index in [1.165, 1.54) is 12.8 Å². The molecule has 1 saturated heterocycles. The Morgan fingerprint density at radius 1 is 1.11 bits per heavy atom. The summed E-state index contributed by atoms with van der Waals surface area (Å²) in [4.78, 5) is 2.11. The minimum absolute atomic E-state index is 0.352. The highest BCUT2D eigenvalue weighted by Gasteiger charge is 2.21. The van der Waals surface area contributed by atoms with E-state index in [4.69, 9.17) is 10.2 Å². The highest BCUT2D eigenvalue weighted by Crippen LogP contribution is 2.23. The van der Waals surface area contributed by atoms with Crippen LogP contribution >= 0.6 is 0 Å². The van der Waals surface area contributed by atoms with Gasteiger partial charge < -0.3 is 15.1 Å². The predicted molar refractivity (Wildman–Crippen MR) is 68.2 cm³/mol. The molecule has 3 rings (SSSR count). The van der Waals surface area contributed by atoms with Crippen LogP contribution in [0.3, 0.4) is 0 Å². The molecule has 5 heteroatoms. The molecule has 2 heterocycles. The molecule has 1 unspecified atom stereocenters. The second-order valence-electron chi connectivity index (χ2n) is 4.51. The molecule has 2 N–H and O–H groups in total. The van der Waals surface area contributed by atoms with Gasteiger partial charge in [0.25, 0.3) is 0 Å². The third kappa shape index (κ3) is 2.09. The summed E-state index contributed by atoms with van der Waals surface area (Å²) in [7, 11) is 0. The van der Waals surface area contributed by atoms with E-state index < -0.39 is 0 Å². The largest absolute Gasteiger partial charge is 0.406 e. The fraction of sp³-hybridized carbons (Fsp3) is 0.385. The van der Waals surface area contributed by atoms with Gasteiger partial charge in [-0.1, -0.05) is 35.4 Å². The van der Waals surface area contributed by atoms with Gasteiger partial charge in [-0.15, -0.1) is 5.10 Å². The van der Waals surface area contributed by atoms with Crippen molar-refractivity contribution in [2.24, 2.45) is 5.73 Å². The van der Waals surface area contributed by atoms with Crippen LogP contribution in [0.4, 0.5) is 6.01 Å². The second-order valence-corrected chi connectivity index (χ2v) is 4.51. The Labute approximate surface area is 106 Å². The number of aromatic nitrogens is 2. The van der Waals surface area contributed by atoms with E-state index in [9.17, 15) is 0 Å². The summed E-state index contributed by atoms with van der Waals surface area (Å²) >= 11 is 0. The van der Waals surface area contributed by atoms with E-state index in [0.717, 1.165) is 18.7 Å². The Kier molecular flexibility index (Phi) is 2.98. The Balaban J connectivity index is 1.80. The summed E-state index contributed by atoms with van der Waals surface area (Å²) < 4.78 is 5.66. The molecule has 1 atom stereocenters. The summed E-state index contributed by atoms with van der Waals surface area (Å²) in [6.07, 6.45) is 2.37. The molecule has 1 fully saturated rings. The first-order valence-electron chi connectivity index (χ1n) is 6.23. The lowest BCUT2D eigenvalue weighted by atomic mass is 10.1. The Hall–Kier alpha value is -1.88. The molecule has 18 heavy (non-hydrogen) atoms. The van der Waals surface area contributed by atoms with Gasteiger partial charge in [0.2, 0.25) is 5.89 Å². The van der Waals surface area contributed by atoms with Gasteiger partial charge in [0.05, 0.1) is 0 Å². The van der Waals surface area contributed by atoms with Gasteiger partial charge in [0.15, 0.2) is 0 Å². The van der Waals surface area contributed by atoms with Crippen molar-refractivity contribution in [2.45, 2.75) is 18.9 Å². The summed E-state index contributed by atoms with van der Waals surface area (Å²) in [6.45, 7) is 1.98. The van der Waals surface area contributed by atoms with Crippen LogP contribution in [0.1, 0.15) is 30.3 Å². The zero-order valence-electron chi connectivity index (χ0n) is 10.1. The van der Waals surface area contributed by atoms with E-state index in [1.54, 1.807) is 0 Å². The number of anilines is 1. The molecule has 1 aliphatic heterocycles. The van der Waals surface area contributed by atoms with E-state index in [-0.39, 0.29) is 6.04 Å². The molecule has 0 bridgehead atoms. The molecule has 1 aliphatic rings. The molecular formula is C13H16N4O. The van der Waals surface area contributed by atoms with Crippen molar-refractivity contribution >= 4 is 6.01 Å². The Morgan fingerprint density at radius 2 is 1.83 bits per heavy atom. The second kappa shape index (κ2) is 4.78. The number of rotatable bonds is 3. The molecule has 94 valence electrons.